The highest BCUT2D eigenvalue weighted by atomic mass is 16.5. The first kappa shape index (κ1) is 19.8. The van der Waals surface area contributed by atoms with Crippen molar-refractivity contribution in [3.8, 4) is 0 Å². The van der Waals surface area contributed by atoms with E-state index in [0.717, 1.165) is 25.1 Å². The van der Waals surface area contributed by atoms with Crippen LogP contribution in [0.4, 0.5) is 5.69 Å². The minimum atomic E-state index is -1.84. The van der Waals surface area contributed by atoms with Gasteiger partial charge in [0.05, 0.1) is 32.0 Å². The average molecular weight is 394 g/mol. The number of hydrogen-bond acceptors (Lipinski definition) is 5. The molecule has 152 valence electrons. The first-order valence-corrected chi connectivity index (χ1v) is 10.1. The molecule has 0 spiro atoms. The van der Waals surface area contributed by atoms with Crippen LogP contribution in [-0.4, -0.2) is 54.7 Å². The molecule has 1 fully saturated rings. The molecular formula is C23H26N2O4. The molecule has 2 aromatic rings. The van der Waals surface area contributed by atoms with Gasteiger partial charge in [-0.05, 0) is 18.1 Å². The number of aliphatic hydroxyl groups is 1. The van der Waals surface area contributed by atoms with E-state index in [-0.39, 0.29) is 12.2 Å². The van der Waals surface area contributed by atoms with E-state index < -0.39 is 11.5 Å². The zero-order valence-electron chi connectivity index (χ0n) is 16.6. The molecule has 1 saturated heterocycles. The molecule has 0 aromatic heterocycles. The van der Waals surface area contributed by atoms with Crippen LogP contribution in [0.1, 0.15) is 34.8 Å². The summed E-state index contributed by atoms with van der Waals surface area (Å²) in [6.45, 7) is 5.14. The maximum absolute atomic E-state index is 13.3. The number of fused-ring (bicyclic) bond motifs is 1. The fraction of sp³-hybridized carbons (Fsp3) is 0.391. The Bertz CT molecular complexity index is 905. The van der Waals surface area contributed by atoms with Crippen molar-refractivity contribution in [1.82, 2.24) is 4.90 Å². The first-order chi connectivity index (χ1) is 14.0. The smallest absolute Gasteiger partial charge is 0.265 e. The summed E-state index contributed by atoms with van der Waals surface area (Å²) in [7, 11) is 0. The maximum atomic E-state index is 13.3. The predicted octanol–water partition coefficient (Wildman–Crippen LogP) is 2.35. The van der Waals surface area contributed by atoms with Gasteiger partial charge in [-0.25, -0.2) is 0 Å². The Balaban J connectivity index is 1.59. The molecule has 1 amide bonds. The van der Waals surface area contributed by atoms with Crippen molar-refractivity contribution in [1.29, 1.82) is 0 Å². The number of hydrogen-bond donors (Lipinski definition) is 1. The van der Waals surface area contributed by atoms with Gasteiger partial charge in [0.2, 0.25) is 0 Å². The molecule has 6 heteroatoms. The Morgan fingerprint density at radius 3 is 2.48 bits per heavy atom. The van der Waals surface area contributed by atoms with E-state index in [4.69, 9.17) is 4.74 Å². The molecule has 0 bridgehead atoms. The number of morpholine rings is 1. The number of rotatable bonds is 6. The van der Waals surface area contributed by atoms with Gasteiger partial charge in [0, 0.05) is 24.2 Å². The first-order valence-electron chi connectivity index (χ1n) is 10.1. The highest BCUT2D eigenvalue weighted by molar-refractivity contribution is 6.10. The van der Waals surface area contributed by atoms with Gasteiger partial charge < -0.3 is 9.84 Å². The second-order valence-corrected chi connectivity index (χ2v) is 7.63. The topological polar surface area (TPSA) is 70.1 Å². The number of para-hydroxylation sites is 1. The molecule has 2 aliphatic rings. The molecular weight excluding hydrogens is 368 g/mol. The van der Waals surface area contributed by atoms with Gasteiger partial charge in [-0.3, -0.25) is 19.4 Å². The zero-order valence-corrected chi connectivity index (χ0v) is 16.6. The number of anilines is 1. The van der Waals surface area contributed by atoms with E-state index in [9.17, 15) is 14.7 Å². The SMILES string of the molecule is CCc1ccc(C(=O)C[C@@]2(O)C(=O)N(CN3CCOCC3)c3ccccc32)cc1. The van der Waals surface area contributed by atoms with E-state index in [0.29, 0.717) is 36.7 Å². The van der Waals surface area contributed by atoms with Crippen molar-refractivity contribution in [2.24, 2.45) is 0 Å². The Kier molecular flexibility index (Phi) is 5.50. The van der Waals surface area contributed by atoms with Crippen LogP contribution in [0.2, 0.25) is 0 Å². The third kappa shape index (κ3) is 3.71. The minimum absolute atomic E-state index is 0.244. The third-order valence-corrected chi connectivity index (χ3v) is 5.79. The summed E-state index contributed by atoms with van der Waals surface area (Å²) in [5.74, 6) is -0.685. The fourth-order valence-electron chi connectivity index (χ4n) is 4.02. The summed E-state index contributed by atoms with van der Waals surface area (Å²) in [5, 5.41) is 11.4. The molecule has 6 nitrogen and oxygen atoms in total. The van der Waals surface area contributed by atoms with Gasteiger partial charge in [0.1, 0.15) is 0 Å². The monoisotopic (exact) mass is 394 g/mol. The van der Waals surface area contributed by atoms with Crippen LogP contribution in [0.25, 0.3) is 0 Å². The number of Topliss-reactive ketones (excluding diaryl/α,β-unsaturated/α-hetero) is 1. The molecule has 0 radical (unpaired) electrons. The van der Waals surface area contributed by atoms with Crippen LogP contribution < -0.4 is 4.90 Å². The second kappa shape index (κ2) is 8.06. The number of carbonyl (C=O) groups is 2. The molecule has 0 unspecified atom stereocenters. The summed E-state index contributed by atoms with van der Waals surface area (Å²) in [5.41, 5.74) is 0.966. The Morgan fingerprint density at radius 1 is 1.10 bits per heavy atom. The van der Waals surface area contributed by atoms with Gasteiger partial charge in [-0.2, -0.15) is 0 Å². The van der Waals surface area contributed by atoms with Crippen molar-refractivity contribution in [2.75, 3.05) is 37.9 Å². The minimum Gasteiger partial charge on any atom is -0.379 e. The highest BCUT2D eigenvalue weighted by Crippen LogP contribution is 2.42. The van der Waals surface area contributed by atoms with Gasteiger partial charge in [-0.15, -0.1) is 0 Å². The van der Waals surface area contributed by atoms with Gasteiger partial charge in [0.25, 0.3) is 5.91 Å². The molecule has 4 rings (SSSR count). The summed E-state index contributed by atoms with van der Waals surface area (Å²) < 4.78 is 5.38. The standard InChI is InChI=1S/C23H26N2O4/c1-2-17-7-9-18(10-8-17)21(26)15-23(28)19-5-3-4-6-20(19)25(22(23)27)16-24-11-13-29-14-12-24/h3-10,28H,2,11-16H2,1H3/t23-/m0/s1. The number of amides is 1. The van der Waals surface area contributed by atoms with E-state index in [1.54, 1.807) is 29.2 Å². The molecule has 2 aromatic carbocycles. The number of carbonyl (C=O) groups excluding carboxylic acids is 2. The summed E-state index contributed by atoms with van der Waals surface area (Å²) >= 11 is 0. The third-order valence-electron chi connectivity index (χ3n) is 5.79. The lowest BCUT2D eigenvalue weighted by Gasteiger charge is -2.31. The molecule has 29 heavy (non-hydrogen) atoms. The van der Waals surface area contributed by atoms with Crippen molar-refractivity contribution >= 4 is 17.4 Å². The highest BCUT2D eigenvalue weighted by Gasteiger charge is 2.51. The van der Waals surface area contributed by atoms with Crippen LogP contribution in [0.15, 0.2) is 48.5 Å². The number of ether oxygens (including phenoxy) is 1. The van der Waals surface area contributed by atoms with Crippen LogP contribution in [0.3, 0.4) is 0 Å². The molecule has 2 aliphatic heterocycles. The van der Waals surface area contributed by atoms with E-state index in [2.05, 4.69) is 11.8 Å². The predicted molar refractivity (Wildman–Crippen MR) is 110 cm³/mol. The lowest BCUT2D eigenvalue weighted by atomic mass is 9.88. The van der Waals surface area contributed by atoms with Crippen molar-refractivity contribution in [3.05, 3.63) is 65.2 Å². The van der Waals surface area contributed by atoms with Crippen LogP contribution >= 0.6 is 0 Å². The number of ketones is 1. The largest absolute Gasteiger partial charge is 0.379 e. The second-order valence-electron chi connectivity index (χ2n) is 7.63. The van der Waals surface area contributed by atoms with E-state index in [1.807, 2.05) is 24.3 Å². The molecule has 1 atom stereocenters. The Morgan fingerprint density at radius 2 is 1.79 bits per heavy atom. The van der Waals surface area contributed by atoms with Crippen molar-refractivity contribution in [3.63, 3.8) is 0 Å². The van der Waals surface area contributed by atoms with Crippen molar-refractivity contribution < 1.29 is 19.4 Å². The Labute approximate surface area is 170 Å². The van der Waals surface area contributed by atoms with E-state index >= 15 is 0 Å². The van der Waals surface area contributed by atoms with Crippen LogP contribution in [0.5, 0.6) is 0 Å². The number of aryl methyl sites for hydroxylation is 1. The maximum Gasteiger partial charge on any atom is 0.265 e. The average Bonchev–Trinajstić information content (AvgIpc) is 2.96. The van der Waals surface area contributed by atoms with Gasteiger partial charge >= 0.3 is 0 Å². The van der Waals surface area contributed by atoms with Gasteiger partial charge in [-0.1, -0.05) is 49.4 Å². The zero-order chi connectivity index (χ0) is 20.4. The molecule has 1 N–H and O–H groups in total. The quantitative estimate of drug-likeness (QED) is 0.762. The van der Waals surface area contributed by atoms with Gasteiger partial charge in [0.15, 0.2) is 11.4 Å². The molecule has 0 aliphatic carbocycles. The summed E-state index contributed by atoms with van der Waals surface area (Å²) in [4.78, 5) is 29.9. The summed E-state index contributed by atoms with van der Waals surface area (Å²) in [6.07, 6.45) is 0.620. The van der Waals surface area contributed by atoms with Crippen LogP contribution in [-0.2, 0) is 21.6 Å². The Hall–Kier alpha value is -2.54. The summed E-state index contributed by atoms with van der Waals surface area (Å²) in [6, 6.07) is 14.5. The normalized spacial score (nSPS) is 22.0. The number of nitrogens with zero attached hydrogens (tertiary/aromatic N) is 2. The molecule has 0 saturated carbocycles. The lowest BCUT2D eigenvalue weighted by Crippen LogP contribution is -2.49. The fourth-order valence-corrected chi connectivity index (χ4v) is 4.02. The molecule has 2 heterocycles. The van der Waals surface area contributed by atoms with Crippen molar-refractivity contribution in [2.45, 2.75) is 25.4 Å². The van der Waals surface area contributed by atoms with Crippen LogP contribution in [0, 0.1) is 0 Å². The number of benzene rings is 2. The lowest BCUT2D eigenvalue weighted by molar-refractivity contribution is -0.136. The van der Waals surface area contributed by atoms with E-state index in [1.165, 1.54) is 0 Å².